The molecule has 0 aliphatic carbocycles. The molecule has 0 aromatic carbocycles. The summed E-state index contributed by atoms with van der Waals surface area (Å²) in [5.74, 6) is -1.93. The Hall–Kier alpha value is -2.16. The van der Waals surface area contributed by atoms with Crippen molar-refractivity contribution in [2.75, 3.05) is 19.6 Å². The average molecular weight is 408 g/mol. The van der Waals surface area contributed by atoms with Gasteiger partial charge in [0.2, 0.25) is 17.7 Å². The third kappa shape index (κ3) is 4.55. The summed E-state index contributed by atoms with van der Waals surface area (Å²) >= 11 is 0. The normalized spacial score (nSPS) is 28.0. The van der Waals surface area contributed by atoms with Crippen molar-refractivity contribution in [3.63, 3.8) is 0 Å². The van der Waals surface area contributed by atoms with E-state index in [9.17, 15) is 24.3 Å². The molecule has 3 rings (SSSR count). The molecule has 0 bridgehead atoms. The van der Waals surface area contributed by atoms with Crippen molar-refractivity contribution in [2.45, 2.75) is 76.5 Å². The van der Waals surface area contributed by atoms with E-state index in [4.69, 9.17) is 0 Å². The second kappa shape index (κ2) is 9.11. The summed E-state index contributed by atoms with van der Waals surface area (Å²) in [5, 5.41) is 15.4. The van der Waals surface area contributed by atoms with Crippen molar-refractivity contribution in [3.05, 3.63) is 0 Å². The van der Waals surface area contributed by atoms with Gasteiger partial charge in [0.25, 0.3) is 0 Å². The molecule has 3 aliphatic rings. The van der Waals surface area contributed by atoms with Gasteiger partial charge in [-0.15, -0.1) is 0 Å². The number of carbonyl (C=O) groups is 4. The summed E-state index contributed by atoms with van der Waals surface area (Å²) < 4.78 is 0. The number of carboxylic acid groups (broad SMARTS) is 1. The van der Waals surface area contributed by atoms with Crippen molar-refractivity contribution in [3.8, 4) is 0 Å². The third-order valence-electron chi connectivity index (χ3n) is 6.25. The summed E-state index contributed by atoms with van der Waals surface area (Å²) in [6.07, 6.45) is 4.13. The lowest BCUT2D eigenvalue weighted by molar-refractivity contribution is -0.150. The molecular weight excluding hydrogens is 376 g/mol. The highest BCUT2D eigenvalue weighted by molar-refractivity contribution is 5.94. The Morgan fingerprint density at radius 3 is 2.21 bits per heavy atom. The highest BCUT2D eigenvalue weighted by Gasteiger charge is 2.42. The van der Waals surface area contributed by atoms with Crippen LogP contribution in [0.15, 0.2) is 0 Å². The van der Waals surface area contributed by atoms with Crippen LogP contribution in [0.3, 0.4) is 0 Å². The van der Waals surface area contributed by atoms with Crippen LogP contribution in [0.4, 0.5) is 0 Å². The Morgan fingerprint density at radius 2 is 1.62 bits per heavy atom. The van der Waals surface area contributed by atoms with Crippen LogP contribution in [-0.2, 0) is 19.2 Å². The summed E-state index contributed by atoms with van der Waals surface area (Å²) in [7, 11) is 0. The second-order valence-corrected chi connectivity index (χ2v) is 8.60. The Morgan fingerprint density at radius 1 is 0.966 bits per heavy atom. The third-order valence-corrected chi connectivity index (χ3v) is 6.25. The number of carboxylic acids is 1. The first-order valence-corrected chi connectivity index (χ1v) is 10.7. The smallest absolute Gasteiger partial charge is 0.326 e. The Balaban J connectivity index is 1.68. The summed E-state index contributed by atoms with van der Waals surface area (Å²) in [6, 6.07) is -2.44. The van der Waals surface area contributed by atoms with E-state index < -0.39 is 24.1 Å². The molecule has 0 aromatic heterocycles. The van der Waals surface area contributed by atoms with Crippen LogP contribution in [0.25, 0.3) is 0 Å². The van der Waals surface area contributed by atoms with Crippen molar-refractivity contribution in [2.24, 2.45) is 5.92 Å². The van der Waals surface area contributed by atoms with Crippen LogP contribution in [0, 0.1) is 5.92 Å². The van der Waals surface area contributed by atoms with Gasteiger partial charge in [-0.1, -0.05) is 13.8 Å². The highest BCUT2D eigenvalue weighted by Crippen LogP contribution is 2.23. The first kappa shape index (κ1) is 21.5. The monoisotopic (exact) mass is 408 g/mol. The van der Waals surface area contributed by atoms with Gasteiger partial charge in [0.05, 0.1) is 6.04 Å². The topological polar surface area (TPSA) is 119 Å². The average Bonchev–Trinajstić information content (AvgIpc) is 3.44. The number of nitrogens with zero attached hydrogens (tertiary/aromatic N) is 2. The first-order valence-electron chi connectivity index (χ1n) is 10.7. The molecule has 9 heteroatoms. The van der Waals surface area contributed by atoms with Crippen LogP contribution in [0.2, 0.25) is 0 Å². The lowest BCUT2D eigenvalue weighted by atomic mass is 10.0. The number of likely N-dealkylation sites (tertiary alicyclic amines) is 2. The van der Waals surface area contributed by atoms with Crippen LogP contribution in [0.5, 0.6) is 0 Å². The van der Waals surface area contributed by atoms with E-state index in [1.54, 1.807) is 4.90 Å². The van der Waals surface area contributed by atoms with E-state index in [0.717, 1.165) is 25.8 Å². The molecule has 4 unspecified atom stereocenters. The van der Waals surface area contributed by atoms with Crippen molar-refractivity contribution in [1.29, 1.82) is 0 Å². The summed E-state index contributed by atoms with van der Waals surface area (Å²) in [5.41, 5.74) is 0. The van der Waals surface area contributed by atoms with E-state index in [-0.39, 0.29) is 29.7 Å². The number of carbonyl (C=O) groups excluding carboxylic acids is 3. The highest BCUT2D eigenvalue weighted by atomic mass is 16.4. The van der Waals surface area contributed by atoms with Gasteiger partial charge in [0.1, 0.15) is 18.1 Å². The molecule has 3 heterocycles. The molecule has 3 amide bonds. The SMILES string of the molecule is CC(C)C(NC(=O)C1CCCN1C(=O)C1CCCN1)C(=O)N1CCCC1C(=O)O. The Labute approximate surface area is 171 Å². The van der Waals surface area contributed by atoms with Gasteiger partial charge in [-0.3, -0.25) is 14.4 Å². The molecule has 0 spiro atoms. The minimum absolute atomic E-state index is 0.0435. The van der Waals surface area contributed by atoms with Crippen LogP contribution >= 0.6 is 0 Å². The molecule has 29 heavy (non-hydrogen) atoms. The molecule has 0 saturated carbocycles. The number of hydrogen-bond acceptors (Lipinski definition) is 5. The number of aliphatic carboxylic acids is 1. The van der Waals surface area contributed by atoms with Crippen LogP contribution < -0.4 is 10.6 Å². The zero-order valence-electron chi connectivity index (χ0n) is 17.2. The van der Waals surface area contributed by atoms with E-state index in [1.807, 2.05) is 13.8 Å². The fourth-order valence-electron chi connectivity index (χ4n) is 4.63. The summed E-state index contributed by atoms with van der Waals surface area (Å²) in [6.45, 7) is 5.40. The number of rotatable bonds is 6. The van der Waals surface area contributed by atoms with Gasteiger partial charge < -0.3 is 25.5 Å². The lowest BCUT2D eigenvalue weighted by Crippen LogP contribution is -2.58. The maximum absolute atomic E-state index is 13.0. The van der Waals surface area contributed by atoms with Crippen molar-refractivity contribution < 1.29 is 24.3 Å². The first-order chi connectivity index (χ1) is 13.8. The lowest BCUT2D eigenvalue weighted by Gasteiger charge is -2.32. The maximum atomic E-state index is 13.0. The van der Waals surface area contributed by atoms with Gasteiger partial charge in [0.15, 0.2) is 0 Å². The van der Waals surface area contributed by atoms with Gasteiger partial charge in [-0.25, -0.2) is 4.79 Å². The summed E-state index contributed by atoms with van der Waals surface area (Å²) in [4.78, 5) is 53.3. The van der Waals surface area contributed by atoms with Gasteiger partial charge in [-0.2, -0.15) is 0 Å². The van der Waals surface area contributed by atoms with Crippen LogP contribution in [-0.4, -0.2) is 82.4 Å². The fourth-order valence-corrected chi connectivity index (χ4v) is 4.63. The van der Waals surface area contributed by atoms with E-state index in [2.05, 4.69) is 10.6 Å². The predicted molar refractivity (Wildman–Crippen MR) is 105 cm³/mol. The molecule has 3 N–H and O–H groups in total. The van der Waals surface area contributed by atoms with E-state index in [1.165, 1.54) is 4.90 Å². The number of hydrogen-bond donors (Lipinski definition) is 3. The van der Waals surface area contributed by atoms with E-state index in [0.29, 0.717) is 32.4 Å². The Kier molecular flexibility index (Phi) is 6.77. The molecule has 3 fully saturated rings. The number of amides is 3. The van der Waals surface area contributed by atoms with Crippen molar-refractivity contribution in [1.82, 2.24) is 20.4 Å². The van der Waals surface area contributed by atoms with Crippen molar-refractivity contribution >= 4 is 23.7 Å². The molecule has 162 valence electrons. The standard InChI is InChI=1S/C20H32N4O5/c1-12(2)16(19(27)24-11-5-8-15(24)20(28)29)22-17(25)14-7-4-10-23(14)18(26)13-6-3-9-21-13/h12-16,21H,3-11H2,1-2H3,(H,22,25)(H,28,29). The molecule has 0 aromatic rings. The van der Waals surface area contributed by atoms with Gasteiger partial charge in [-0.05, 0) is 51.0 Å². The number of nitrogens with one attached hydrogen (secondary N) is 2. The largest absolute Gasteiger partial charge is 0.480 e. The Bertz CT molecular complexity index is 661. The van der Waals surface area contributed by atoms with Gasteiger partial charge >= 0.3 is 5.97 Å². The minimum atomic E-state index is -1.01. The quantitative estimate of drug-likeness (QED) is 0.567. The predicted octanol–water partition coefficient (Wildman–Crippen LogP) is -0.0542. The molecular formula is C20H32N4O5. The minimum Gasteiger partial charge on any atom is -0.480 e. The van der Waals surface area contributed by atoms with Crippen LogP contribution in [0.1, 0.15) is 52.4 Å². The van der Waals surface area contributed by atoms with Gasteiger partial charge in [0, 0.05) is 13.1 Å². The fraction of sp³-hybridized carbons (Fsp3) is 0.800. The molecule has 4 atom stereocenters. The maximum Gasteiger partial charge on any atom is 0.326 e. The molecule has 3 saturated heterocycles. The molecule has 0 radical (unpaired) electrons. The van der Waals surface area contributed by atoms with E-state index >= 15 is 0 Å². The zero-order valence-corrected chi connectivity index (χ0v) is 17.2. The second-order valence-electron chi connectivity index (χ2n) is 8.60. The molecule has 3 aliphatic heterocycles. The zero-order chi connectivity index (χ0) is 21.1. The molecule has 9 nitrogen and oxygen atoms in total.